The lowest BCUT2D eigenvalue weighted by Gasteiger charge is -2.37. The Balaban J connectivity index is 1.83. The summed E-state index contributed by atoms with van der Waals surface area (Å²) >= 11 is 0. The predicted octanol–water partition coefficient (Wildman–Crippen LogP) is 9.06. The third-order valence-corrected chi connectivity index (χ3v) is 8.04. The van der Waals surface area contributed by atoms with E-state index in [0.717, 1.165) is 60.9 Å². The lowest BCUT2D eigenvalue weighted by atomic mass is 9.68. The molecule has 200 valence electrons. The van der Waals surface area contributed by atoms with Crippen LogP contribution in [0.3, 0.4) is 0 Å². The molecule has 40 heavy (non-hydrogen) atoms. The van der Waals surface area contributed by atoms with Crippen LogP contribution in [0, 0.1) is 0 Å². The van der Waals surface area contributed by atoms with Crippen LogP contribution in [0.1, 0.15) is 54.6 Å². The fraction of sp³-hybridized carbons (Fsp3) is 0.135. The highest BCUT2D eigenvalue weighted by molar-refractivity contribution is 6.11. The molecule has 0 saturated heterocycles. The molecule has 0 aliphatic rings. The van der Waals surface area contributed by atoms with Crippen LogP contribution in [0.4, 0.5) is 0 Å². The van der Waals surface area contributed by atoms with E-state index in [0.29, 0.717) is 0 Å². The summed E-state index contributed by atoms with van der Waals surface area (Å²) in [6.45, 7) is 10.3. The monoisotopic (exact) mass is 524 g/mol. The maximum absolute atomic E-state index is 7.36. The standard InChI is InChI=1S/C37H36N2O/c1-5-14-25(2)27-23-31(26(3)15-13-22-38)35-32(24-27)34-30(20-12-21-33(34)40-35)36(39)37(4,28-16-8-6-9-17-28)29-18-10-7-11-19-29/h5-24,36H,1,38-39H2,2-4H3/b22-13-,25-14+,26-15+. The Kier molecular flexibility index (Phi) is 7.59. The molecule has 3 nitrogen and oxygen atoms in total. The van der Waals surface area contributed by atoms with Gasteiger partial charge in [0.15, 0.2) is 0 Å². The van der Waals surface area contributed by atoms with Gasteiger partial charge >= 0.3 is 0 Å². The summed E-state index contributed by atoms with van der Waals surface area (Å²) in [4.78, 5) is 0. The minimum atomic E-state index is -0.485. The first-order valence-electron chi connectivity index (χ1n) is 13.6. The van der Waals surface area contributed by atoms with Gasteiger partial charge in [-0.15, -0.1) is 0 Å². The third kappa shape index (κ3) is 4.70. The molecular formula is C37H36N2O. The van der Waals surface area contributed by atoms with Gasteiger partial charge < -0.3 is 15.9 Å². The molecule has 1 atom stereocenters. The van der Waals surface area contributed by atoms with Crippen LogP contribution in [0.2, 0.25) is 0 Å². The number of hydrogen-bond donors (Lipinski definition) is 2. The zero-order chi connectivity index (χ0) is 28.3. The van der Waals surface area contributed by atoms with Gasteiger partial charge in [0.25, 0.3) is 0 Å². The molecule has 1 heterocycles. The molecule has 4 aromatic carbocycles. The normalized spacial score (nSPS) is 13.8. The molecule has 0 amide bonds. The van der Waals surface area contributed by atoms with Crippen molar-refractivity contribution in [2.24, 2.45) is 11.5 Å². The van der Waals surface area contributed by atoms with Crippen LogP contribution < -0.4 is 11.5 Å². The summed E-state index contributed by atoms with van der Waals surface area (Å²) in [5.74, 6) is 0. The average Bonchev–Trinajstić information content (AvgIpc) is 3.38. The number of benzene rings is 4. The quantitative estimate of drug-likeness (QED) is 0.199. The van der Waals surface area contributed by atoms with Crippen molar-refractivity contribution in [2.75, 3.05) is 0 Å². The lowest BCUT2D eigenvalue weighted by molar-refractivity contribution is 0.459. The topological polar surface area (TPSA) is 65.2 Å². The molecule has 1 unspecified atom stereocenters. The Hall–Kier alpha value is -4.60. The number of fused-ring (bicyclic) bond motifs is 3. The van der Waals surface area contributed by atoms with E-state index in [1.807, 2.05) is 48.6 Å². The zero-order valence-corrected chi connectivity index (χ0v) is 23.4. The second-order valence-electron chi connectivity index (χ2n) is 10.5. The van der Waals surface area contributed by atoms with Gasteiger partial charge in [0, 0.05) is 27.8 Å². The summed E-state index contributed by atoms with van der Waals surface area (Å²) in [7, 11) is 0. The van der Waals surface area contributed by atoms with Gasteiger partial charge in [-0.2, -0.15) is 0 Å². The van der Waals surface area contributed by atoms with Gasteiger partial charge in [-0.25, -0.2) is 0 Å². The molecule has 0 saturated carbocycles. The van der Waals surface area contributed by atoms with Crippen LogP contribution in [-0.4, -0.2) is 0 Å². The van der Waals surface area contributed by atoms with Gasteiger partial charge in [-0.3, -0.25) is 0 Å². The summed E-state index contributed by atoms with van der Waals surface area (Å²) in [5, 5.41) is 2.08. The van der Waals surface area contributed by atoms with Gasteiger partial charge in [-0.1, -0.05) is 97.6 Å². The van der Waals surface area contributed by atoms with E-state index in [2.05, 4.69) is 94.1 Å². The number of furan rings is 1. The first-order chi connectivity index (χ1) is 19.4. The van der Waals surface area contributed by atoms with Crippen molar-refractivity contribution in [3.8, 4) is 0 Å². The molecule has 5 rings (SSSR count). The second-order valence-corrected chi connectivity index (χ2v) is 10.5. The molecule has 3 heteroatoms. The SMILES string of the molecule is C=C/C=C(\C)c1cc(/C(C)=C/C=C\N)c2oc3cccc(C(N)C(C)(c4ccccc4)c4ccccc4)c3c2c1. The molecule has 4 N–H and O–H groups in total. The number of nitrogens with two attached hydrogens (primary N) is 2. The Labute approximate surface area is 236 Å². The van der Waals surface area contributed by atoms with Crippen LogP contribution in [0.5, 0.6) is 0 Å². The summed E-state index contributed by atoms with van der Waals surface area (Å²) in [6, 6.07) is 31.3. The first kappa shape index (κ1) is 27.0. The maximum atomic E-state index is 7.36. The van der Waals surface area contributed by atoms with E-state index in [9.17, 15) is 0 Å². The van der Waals surface area contributed by atoms with Crippen molar-refractivity contribution in [2.45, 2.75) is 32.2 Å². The largest absolute Gasteiger partial charge is 0.455 e. The fourth-order valence-corrected chi connectivity index (χ4v) is 5.70. The fourth-order valence-electron chi connectivity index (χ4n) is 5.70. The van der Waals surface area contributed by atoms with Crippen molar-refractivity contribution in [1.29, 1.82) is 0 Å². The maximum Gasteiger partial charge on any atom is 0.142 e. The van der Waals surface area contributed by atoms with Gasteiger partial charge in [0.05, 0.1) is 0 Å². The molecule has 0 fully saturated rings. The van der Waals surface area contributed by atoms with Crippen molar-refractivity contribution in [3.05, 3.63) is 156 Å². The summed E-state index contributed by atoms with van der Waals surface area (Å²) in [5.41, 5.74) is 21.9. The van der Waals surface area contributed by atoms with Crippen molar-refractivity contribution in [1.82, 2.24) is 0 Å². The van der Waals surface area contributed by atoms with E-state index >= 15 is 0 Å². The Morgan fingerprint density at radius 1 is 0.850 bits per heavy atom. The highest BCUT2D eigenvalue weighted by Crippen LogP contribution is 2.46. The number of hydrogen-bond acceptors (Lipinski definition) is 3. The molecule has 0 radical (unpaired) electrons. The van der Waals surface area contributed by atoms with Crippen molar-refractivity contribution >= 4 is 33.1 Å². The second kappa shape index (κ2) is 11.3. The van der Waals surface area contributed by atoms with Crippen LogP contribution >= 0.6 is 0 Å². The Morgan fingerprint density at radius 3 is 2.10 bits per heavy atom. The smallest absolute Gasteiger partial charge is 0.142 e. The van der Waals surface area contributed by atoms with Gasteiger partial charge in [0.1, 0.15) is 11.2 Å². The van der Waals surface area contributed by atoms with E-state index in [4.69, 9.17) is 15.9 Å². The van der Waals surface area contributed by atoms with Gasteiger partial charge in [-0.05, 0) is 84.6 Å². The average molecular weight is 525 g/mol. The Morgan fingerprint density at radius 2 is 1.50 bits per heavy atom. The minimum Gasteiger partial charge on any atom is -0.455 e. The van der Waals surface area contributed by atoms with Crippen molar-refractivity contribution < 1.29 is 4.42 Å². The molecule has 0 aliphatic carbocycles. The van der Waals surface area contributed by atoms with E-state index < -0.39 is 5.41 Å². The summed E-state index contributed by atoms with van der Waals surface area (Å²) < 4.78 is 6.60. The molecule has 0 spiro atoms. The van der Waals surface area contributed by atoms with Crippen LogP contribution in [-0.2, 0) is 5.41 Å². The highest BCUT2D eigenvalue weighted by atomic mass is 16.3. The van der Waals surface area contributed by atoms with E-state index in [1.54, 1.807) is 0 Å². The number of allylic oxidation sites excluding steroid dienone is 6. The molecule has 0 aliphatic heterocycles. The third-order valence-electron chi connectivity index (χ3n) is 8.04. The highest BCUT2D eigenvalue weighted by Gasteiger charge is 2.37. The lowest BCUT2D eigenvalue weighted by Crippen LogP contribution is -2.37. The van der Waals surface area contributed by atoms with Crippen molar-refractivity contribution in [3.63, 3.8) is 0 Å². The van der Waals surface area contributed by atoms with Crippen LogP contribution in [0.15, 0.2) is 132 Å². The Bertz CT molecular complexity index is 1710. The molecule has 5 aromatic rings. The zero-order valence-electron chi connectivity index (χ0n) is 23.4. The van der Waals surface area contributed by atoms with E-state index in [-0.39, 0.29) is 6.04 Å². The summed E-state index contributed by atoms with van der Waals surface area (Å²) in [6.07, 6.45) is 9.24. The predicted molar refractivity (Wildman–Crippen MR) is 171 cm³/mol. The first-order valence-corrected chi connectivity index (χ1v) is 13.6. The minimum absolute atomic E-state index is 0.351. The van der Waals surface area contributed by atoms with Crippen LogP contribution in [0.25, 0.3) is 33.1 Å². The molecule has 1 aromatic heterocycles. The molecule has 0 bridgehead atoms. The number of rotatable bonds is 8. The molecular weight excluding hydrogens is 488 g/mol. The van der Waals surface area contributed by atoms with Gasteiger partial charge in [0.2, 0.25) is 0 Å². The van der Waals surface area contributed by atoms with E-state index in [1.165, 1.54) is 6.20 Å².